The van der Waals surface area contributed by atoms with Gasteiger partial charge in [0.1, 0.15) is 18.0 Å². The molecule has 0 saturated heterocycles. The lowest BCUT2D eigenvalue weighted by Crippen LogP contribution is -2.21. The molecule has 2 aromatic carbocycles. The number of aromatic hydroxyl groups is 1. The van der Waals surface area contributed by atoms with E-state index in [9.17, 15) is 20.0 Å². The van der Waals surface area contributed by atoms with Gasteiger partial charge >= 0.3 is 0 Å². The molecule has 7 nitrogen and oxygen atoms in total. The van der Waals surface area contributed by atoms with E-state index < -0.39 is 10.7 Å². The normalized spacial score (nSPS) is 10.1. The third-order valence-corrected chi connectivity index (χ3v) is 2.72. The summed E-state index contributed by atoms with van der Waals surface area (Å²) in [6.07, 6.45) is 0.379. The van der Waals surface area contributed by atoms with Crippen LogP contribution in [0.3, 0.4) is 0 Å². The van der Waals surface area contributed by atoms with Gasteiger partial charge in [-0.05, 0) is 11.6 Å². The van der Waals surface area contributed by atoms with Crippen molar-refractivity contribution in [1.29, 1.82) is 0 Å². The van der Waals surface area contributed by atoms with Gasteiger partial charge in [0, 0.05) is 6.07 Å². The molecule has 0 aliphatic heterocycles. The fraction of sp³-hybridized carbons (Fsp3) is 0.0714. The number of nitro groups is 1. The Labute approximate surface area is 120 Å². The predicted molar refractivity (Wildman–Crippen MR) is 74.5 cm³/mol. The molecule has 0 radical (unpaired) electrons. The molecule has 0 aliphatic rings. The van der Waals surface area contributed by atoms with Gasteiger partial charge in [0.2, 0.25) is 6.41 Å². The van der Waals surface area contributed by atoms with E-state index >= 15 is 0 Å². The number of nitrogens with zero attached hydrogens (tertiary/aromatic N) is 2. The number of rotatable bonds is 6. The number of carbonyl (C=O) groups excluding carboxylic acids is 1. The average molecular weight is 288 g/mol. The van der Waals surface area contributed by atoms with Crippen LogP contribution < -0.4 is 5.06 Å². The van der Waals surface area contributed by atoms with Crippen molar-refractivity contribution in [3.63, 3.8) is 0 Å². The lowest BCUT2D eigenvalue weighted by molar-refractivity contribution is -0.384. The molecule has 0 saturated carbocycles. The highest BCUT2D eigenvalue weighted by Gasteiger charge is 2.15. The van der Waals surface area contributed by atoms with E-state index in [1.165, 1.54) is 12.1 Å². The van der Waals surface area contributed by atoms with Crippen molar-refractivity contribution >= 4 is 17.8 Å². The molecule has 108 valence electrons. The van der Waals surface area contributed by atoms with Crippen LogP contribution in [-0.4, -0.2) is 16.4 Å². The van der Waals surface area contributed by atoms with Crippen LogP contribution in [0.25, 0.3) is 0 Å². The molecule has 0 aromatic heterocycles. The SMILES string of the molecule is O=CN(OCc1ccccc1)c1ccc([N+](=O)[O-])cc1O. The van der Waals surface area contributed by atoms with Crippen LogP contribution in [0.1, 0.15) is 5.56 Å². The lowest BCUT2D eigenvalue weighted by Gasteiger charge is -2.17. The molecule has 1 amide bonds. The Kier molecular flexibility index (Phi) is 4.47. The van der Waals surface area contributed by atoms with Gasteiger partial charge in [-0.25, -0.2) is 0 Å². The monoisotopic (exact) mass is 288 g/mol. The second kappa shape index (κ2) is 6.49. The zero-order valence-electron chi connectivity index (χ0n) is 10.9. The molecule has 2 aromatic rings. The van der Waals surface area contributed by atoms with Crippen molar-refractivity contribution in [2.45, 2.75) is 6.61 Å². The highest BCUT2D eigenvalue weighted by Crippen LogP contribution is 2.30. The zero-order valence-corrected chi connectivity index (χ0v) is 10.9. The molecule has 0 unspecified atom stereocenters. The number of phenolic OH excluding ortho intramolecular Hbond substituents is 1. The minimum Gasteiger partial charge on any atom is -0.505 e. The van der Waals surface area contributed by atoms with E-state index in [-0.39, 0.29) is 18.0 Å². The summed E-state index contributed by atoms with van der Waals surface area (Å²) < 4.78 is 0. The molecule has 21 heavy (non-hydrogen) atoms. The van der Waals surface area contributed by atoms with Crippen LogP contribution in [0, 0.1) is 10.1 Å². The summed E-state index contributed by atoms with van der Waals surface area (Å²) in [7, 11) is 0. The Morgan fingerprint density at radius 1 is 1.24 bits per heavy atom. The maximum atomic E-state index is 11.1. The van der Waals surface area contributed by atoms with E-state index in [4.69, 9.17) is 4.84 Å². The second-order valence-corrected chi connectivity index (χ2v) is 4.12. The number of carbonyl (C=O) groups is 1. The average Bonchev–Trinajstić information content (AvgIpc) is 2.50. The molecule has 1 N–H and O–H groups in total. The van der Waals surface area contributed by atoms with Crippen molar-refractivity contribution < 1.29 is 19.7 Å². The van der Waals surface area contributed by atoms with Crippen molar-refractivity contribution in [2.75, 3.05) is 5.06 Å². The number of hydrogen-bond donors (Lipinski definition) is 1. The summed E-state index contributed by atoms with van der Waals surface area (Å²) in [5.74, 6) is -0.413. The third-order valence-electron chi connectivity index (χ3n) is 2.72. The quantitative estimate of drug-likeness (QED) is 0.500. The number of non-ortho nitro benzene ring substituents is 1. The van der Waals surface area contributed by atoms with Crippen molar-refractivity contribution in [2.24, 2.45) is 0 Å². The minimum atomic E-state index is -0.639. The molecule has 0 bridgehead atoms. The van der Waals surface area contributed by atoms with Gasteiger partial charge in [-0.3, -0.25) is 19.7 Å². The maximum absolute atomic E-state index is 11.1. The second-order valence-electron chi connectivity index (χ2n) is 4.12. The van der Waals surface area contributed by atoms with E-state index in [1.54, 1.807) is 0 Å². The topological polar surface area (TPSA) is 92.9 Å². The fourth-order valence-corrected chi connectivity index (χ4v) is 1.69. The highest BCUT2D eigenvalue weighted by molar-refractivity contribution is 5.76. The van der Waals surface area contributed by atoms with Crippen LogP contribution in [-0.2, 0) is 16.2 Å². The number of nitro benzene ring substituents is 1. The predicted octanol–water partition coefficient (Wildman–Crippen LogP) is 2.40. The van der Waals surface area contributed by atoms with Gasteiger partial charge in [-0.1, -0.05) is 30.3 Å². The molecule has 0 atom stereocenters. The highest BCUT2D eigenvalue weighted by atomic mass is 16.7. The van der Waals surface area contributed by atoms with E-state index in [0.29, 0.717) is 6.41 Å². The number of amides is 1. The fourth-order valence-electron chi connectivity index (χ4n) is 1.69. The van der Waals surface area contributed by atoms with E-state index in [0.717, 1.165) is 16.7 Å². The smallest absolute Gasteiger partial charge is 0.273 e. The Morgan fingerprint density at radius 2 is 1.95 bits per heavy atom. The number of anilines is 1. The lowest BCUT2D eigenvalue weighted by atomic mass is 10.2. The first-order valence-corrected chi connectivity index (χ1v) is 6.00. The van der Waals surface area contributed by atoms with Gasteiger partial charge in [0.05, 0.1) is 11.0 Å². The molecule has 0 heterocycles. The van der Waals surface area contributed by atoms with Crippen molar-refractivity contribution in [3.05, 3.63) is 64.2 Å². The summed E-state index contributed by atoms with van der Waals surface area (Å²) in [4.78, 5) is 26.3. The van der Waals surface area contributed by atoms with Crippen LogP contribution in [0.4, 0.5) is 11.4 Å². The largest absolute Gasteiger partial charge is 0.505 e. The van der Waals surface area contributed by atoms with Gasteiger partial charge in [0.15, 0.2) is 0 Å². The summed E-state index contributed by atoms with van der Waals surface area (Å²) in [5, 5.41) is 21.2. The Morgan fingerprint density at radius 3 is 2.52 bits per heavy atom. The molecule has 0 fully saturated rings. The van der Waals surface area contributed by atoms with Gasteiger partial charge < -0.3 is 5.11 Å². The molecular weight excluding hydrogens is 276 g/mol. The third kappa shape index (κ3) is 3.54. The summed E-state index contributed by atoms with van der Waals surface area (Å²) in [6.45, 7) is 0.121. The van der Waals surface area contributed by atoms with Gasteiger partial charge in [-0.15, -0.1) is 0 Å². The Balaban J connectivity index is 2.14. The van der Waals surface area contributed by atoms with Crippen LogP contribution in [0.15, 0.2) is 48.5 Å². The number of benzene rings is 2. The number of phenols is 1. The zero-order chi connectivity index (χ0) is 15.2. The minimum absolute atomic E-state index is 0.0338. The number of hydrogen-bond acceptors (Lipinski definition) is 5. The van der Waals surface area contributed by atoms with Crippen LogP contribution >= 0.6 is 0 Å². The first-order chi connectivity index (χ1) is 10.1. The van der Waals surface area contributed by atoms with E-state index in [2.05, 4.69) is 0 Å². The Bertz CT molecular complexity index is 645. The maximum Gasteiger partial charge on any atom is 0.273 e. The summed E-state index contributed by atoms with van der Waals surface area (Å²) in [6, 6.07) is 12.5. The van der Waals surface area contributed by atoms with Crippen molar-refractivity contribution in [3.8, 4) is 5.75 Å². The first-order valence-electron chi connectivity index (χ1n) is 6.00. The molecule has 0 spiro atoms. The summed E-state index contributed by atoms with van der Waals surface area (Å²) in [5.41, 5.74) is 0.599. The standard InChI is InChI=1S/C14H12N2O5/c17-10-15(21-9-11-4-2-1-3-5-11)13-7-6-12(16(19)20)8-14(13)18/h1-8,10,18H,9H2. The summed E-state index contributed by atoms with van der Waals surface area (Å²) >= 11 is 0. The van der Waals surface area contributed by atoms with Gasteiger partial charge in [0.25, 0.3) is 5.69 Å². The van der Waals surface area contributed by atoms with Crippen LogP contribution in [0.2, 0.25) is 0 Å². The molecule has 2 rings (SSSR count). The Hall–Kier alpha value is -2.93. The van der Waals surface area contributed by atoms with E-state index in [1.807, 2.05) is 30.3 Å². The number of hydroxylamine groups is 1. The van der Waals surface area contributed by atoms with Crippen molar-refractivity contribution in [1.82, 2.24) is 0 Å². The molecule has 7 heteroatoms. The van der Waals surface area contributed by atoms with Gasteiger partial charge in [-0.2, -0.15) is 5.06 Å². The first kappa shape index (κ1) is 14.5. The molecule has 0 aliphatic carbocycles. The molecular formula is C14H12N2O5. The van der Waals surface area contributed by atoms with Crippen LogP contribution in [0.5, 0.6) is 5.75 Å².